The van der Waals surface area contributed by atoms with Crippen LogP contribution in [0.2, 0.25) is 0 Å². The van der Waals surface area contributed by atoms with Crippen LogP contribution in [0, 0.1) is 6.92 Å². The van der Waals surface area contributed by atoms with Crippen LogP contribution in [-0.2, 0) is 0 Å². The van der Waals surface area contributed by atoms with Gasteiger partial charge in [0.25, 0.3) is 0 Å². The van der Waals surface area contributed by atoms with E-state index in [2.05, 4.69) is 0 Å². The smallest absolute Gasteiger partial charge is 0.162 e. The maximum absolute atomic E-state index is 9.74. The largest absolute Gasteiger partial charge is 0.504 e. The molecule has 72 valence electrons. The zero-order chi connectivity index (χ0) is 10.0. The number of hydrogen-bond donors (Lipinski definition) is 2. The maximum Gasteiger partial charge on any atom is 0.162 e. The quantitative estimate of drug-likeness (QED) is 0.730. The monoisotopic (exact) mass is 181 g/mol. The number of ether oxygens (including phenoxy) is 1. The van der Waals surface area contributed by atoms with E-state index in [1.807, 2.05) is 19.9 Å². The van der Waals surface area contributed by atoms with Crippen LogP contribution in [-0.4, -0.2) is 12.2 Å². The summed E-state index contributed by atoms with van der Waals surface area (Å²) in [5.41, 5.74) is 7.45. The molecule has 0 heterocycles. The van der Waals surface area contributed by atoms with Crippen molar-refractivity contribution in [3.05, 3.63) is 23.3 Å². The number of rotatable bonds is 2. The average Bonchev–Trinajstić information content (AvgIpc) is 2.04. The third-order valence-corrected chi connectivity index (χ3v) is 2.07. The van der Waals surface area contributed by atoms with E-state index in [4.69, 9.17) is 10.5 Å². The third kappa shape index (κ3) is 1.75. The average molecular weight is 181 g/mol. The number of phenols is 1. The molecule has 0 amide bonds. The summed E-state index contributed by atoms with van der Waals surface area (Å²) < 4.78 is 4.99. The van der Waals surface area contributed by atoms with Gasteiger partial charge in [-0.25, -0.2) is 0 Å². The van der Waals surface area contributed by atoms with Crippen molar-refractivity contribution in [3.63, 3.8) is 0 Å². The van der Waals surface area contributed by atoms with Crippen LogP contribution < -0.4 is 10.5 Å². The van der Waals surface area contributed by atoms with Crippen molar-refractivity contribution in [2.75, 3.05) is 7.11 Å². The Kier molecular flexibility index (Phi) is 2.78. The highest BCUT2D eigenvalue weighted by molar-refractivity contribution is 5.50. The van der Waals surface area contributed by atoms with Gasteiger partial charge in [0.05, 0.1) is 7.11 Å². The topological polar surface area (TPSA) is 55.5 Å². The zero-order valence-corrected chi connectivity index (χ0v) is 8.16. The molecule has 3 nitrogen and oxygen atoms in total. The first-order valence-corrected chi connectivity index (χ1v) is 4.20. The SMILES string of the molecule is COc1ccc(C)c([C@@H](C)N)c1O. The number of aryl methyl sites for hydroxylation is 1. The predicted molar refractivity (Wildman–Crippen MR) is 52.0 cm³/mol. The Labute approximate surface area is 78.1 Å². The van der Waals surface area contributed by atoms with Crippen LogP contribution in [0.5, 0.6) is 11.5 Å². The lowest BCUT2D eigenvalue weighted by molar-refractivity contribution is 0.368. The first kappa shape index (κ1) is 9.86. The van der Waals surface area contributed by atoms with Crippen molar-refractivity contribution in [1.82, 2.24) is 0 Å². The molecule has 0 fully saturated rings. The fourth-order valence-corrected chi connectivity index (χ4v) is 1.43. The van der Waals surface area contributed by atoms with Crippen molar-refractivity contribution in [2.45, 2.75) is 19.9 Å². The van der Waals surface area contributed by atoms with Crippen LogP contribution in [0.3, 0.4) is 0 Å². The minimum absolute atomic E-state index is 0.150. The van der Waals surface area contributed by atoms with Gasteiger partial charge in [0.15, 0.2) is 11.5 Å². The van der Waals surface area contributed by atoms with E-state index < -0.39 is 0 Å². The van der Waals surface area contributed by atoms with E-state index in [1.54, 1.807) is 6.07 Å². The summed E-state index contributed by atoms with van der Waals surface area (Å²) in [6.45, 7) is 3.75. The summed E-state index contributed by atoms with van der Waals surface area (Å²) in [6, 6.07) is 3.43. The molecule has 1 atom stereocenters. The van der Waals surface area contributed by atoms with E-state index in [-0.39, 0.29) is 11.8 Å². The van der Waals surface area contributed by atoms with Gasteiger partial charge in [-0.05, 0) is 25.5 Å². The molecule has 13 heavy (non-hydrogen) atoms. The molecular weight excluding hydrogens is 166 g/mol. The number of benzene rings is 1. The van der Waals surface area contributed by atoms with Gasteiger partial charge in [0.1, 0.15) is 0 Å². The maximum atomic E-state index is 9.74. The highest BCUT2D eigenvalue weighted by Crippen LogP contribution is 2.34. The molecule has 1 aromatic carbocycles. The van der Waals surface area contributed by atoms with Crippen molar-refractivity contribution >= 4 is 0 Å². The molecule has 3 heteroatoms. The Bertz CT molecular complexity index is 308. The van der Waals surface area contributed by atoms with E-state index >= 15 is 0 Å². The van der Waals surface area contributed by atoms with E-state index in [0.717, 1.165) is 11.1 Å². The molecule has 0 bridgehead atoms. The summed E-state index contributed by atoms with van der Waals surface area (Å²) in [7, 11) is 1.52. The predicted octanol–water partition coefficient (Wildman–Crippen LogP) is 1.73. The van der Waals surface area contributed by atoms with E-state index in [1.165, 1.54) is 7.11 Å². The fraction of sp³-hybridized carbons (Fsp3) is 0.400. The van der Waals surface area contributed by atoms with Gasteiger partial charge in [0.2, 0.25) is 0 Å². The Morgan fingerprint density at radius 2 is 2.08 bits per heavy atom. The number of aromatic hydroxyl groups is 1. The summed E-state index contributed by atoms with van der Waals surface area (Å²) in [6.07, 6.45) is 0. The summed E-state index contributed by atoms with van der Waals surface area (Å²) in [5.74, 6) is 0.621. The molecule has 0 saturated heterocycles. The molecule has 0 unspecified atom stereocenters. The number of methoxy groups -OCH3 is 1. The molecule has 0 spiro atoms. The Hall–Kier alpha value is -1.22. The summed E-state index contributed by atoms with van der Waals surface area (Å²) in [4.78, 5) is 0. The summed E-state index contributed by atoms with van der Waals surface area (Å²) in [5, 5.41) is 9.74. The lowest BCUT2D eigenvalue weighted by atomic mass is 10.0. The highest BCUT2D eigenvalue weighted by atomic mass is 16.5. The normalized spacial score (nSPS) is 12.6. The van der Waals surface area contributed by atoms with Gasteiger partial charge in [-0.3, -0.25) is 0 Å². The Morgan fingerprint density at radius 3 is 2.54 bits per heavy atom. The van der Waals surface area contributed by atoms with Crippen LogP contribution in [0.4, 0.5) is 0 Å². The first-order valence-electron chi connectivity index (χ1n) is 4.20. The molecule has 0 aliphatic heterocycles. The first-order chi connectivity index (χ1) is 6.07. The molecule has 0 aliphatic rings. The molecule has 3 N–H and O–H groups in total. The minimum Gasteiger partial charge on any atom is -0.504 e. The van der Waals surface area contributed by atoms with Gasteiger partial charge in [-0.1, -0.05) is 6.07 Å². The van der Waals surface area contributed by atoms with Crippen LogP contribution in [0.25, 0.3) is 0 Å². The second-order valence-electron chi connectivity index (χ2n) is 3.14. The zero-order valence-electron chi connectivity index (χ0n) is 8.16. The van der Waals surface area contributed by atoms with Gasteiger partial charge in [-0.2, -0.15) is 0 Å². The molecule has 1 rings (SSSR count). The van der Waals surface area contributed by atoms with Gasteiger partial charge < -0.3 is 15.6 Å². The standard InChI is InChI=1S/C10H15NO2/c1-6-4-5-8(13-3)10(12)9(6)7(2)11/h4-5,7,12H,11H2,1-3H3/t7-/m1/s1. The molecule has 0 saturated carbocycles. The third-order valence-electron chi connectivity index (χ3n) is 2.07. The second-order valence-corrected chi connectivity index (χ2v) is 3.14. The van der Waals surface area contributed by atoms with Gasteiger partial charge >= 0.3 is 0 Å². The molecular formula is C10H15NO2. The minimum atomic E-state index is -0.185. The Morgan fingerprint density at radius 1 is 1.46 bits per heavy atom. The number of hydrogen-bond acceptors (Lipinski definition) is 3. The van der Waals surface area contributed by atoms with E-state index in [9.17, 15) is 5.11 Å². The van der Waals surface area contributed by atoms with Crippen molar-refractivity contribution < 1.29 is 9.84 Å². The van der Waals surface area contributed by atoms with Crippen LogP contribution >= 0.6 is 0 Å². The number of phenolic OH excluding ortho intramolecular Hbond substituents is 1. The lowest BCUT2D eigenvalue weighted by Crippen LogP contribution is -2.07. The second kappa shape index (κ2) is 3.66. The fourth-order valence-electron chi connectivity index (χ4n) is 1.43. The van der Waals surface area contributed by atoms with Gasteiger partial charge in [0, 0.05) is 11.6 Å². The van der Waals surface area contributed by atoms with Crippen molar-refractivity contribution in [1.29, 1.82) is 0 Å². The van der Waals surface area contributed by atoms with Crippen LogP contribution in [0.1, 0.15) is 24.1 Å². The molecule has 0 radical (unpaired) electrons. The van der Waals surface area contributed by atoms with Crippen molar-refractivity contribution in [3.8, 4) is 11.5 Å². The Balaban J connectivity index is 3.30. The van der Waals surface area contributed by atoms with Gasteiger partial charge in [-0.15, -0.1) is 0 Å². The van der Waals surface area contributed by atoms with Crippen molar-refractivity contribution in [2.24, 2.45) is 5.73 Å². The molecule has 0 aliphatic carbocycles. The summed E-state index contributed by atoms with van der Waals surface area (Å²) >= 11 is 0. The van der Waals surface area contributed by atoms with E-state index in [0.29, 0.717) is 5.75 Å². The molecule has 0 aromatic heterocycles. The number of nitrogens with two attached hydrogens (primary N) is 1. The van der Waals surface area contributed by atoms with Crippen LogP contribution in [0.15, 0.2) is 12.1 Å². The lowest BCUT2D eigenvalue weighted by Gasteiger charge is -2.14. The molecule has 1 aromatic rings. The highest BCUT2D eigenvalue weighted by Gasteiger charge is 2.13.